The van der Waals surface area contributed by atoms with Gasteiger partial charge in [-0.1, -0.05) is 0 Å². The zero-order valence-corrected chi connectivity index (χ0v) is 17.0. The van der Waals surface area contributed by atoms with Crippen molar-refractivity contribution in [1.29, 1.82) is 0 Å². The predicted octanol–water partition coefficient (Wildman–Crippen LogP) is 4.06. The molecule has 0 aliphatic carbocycles. The summed E-state index contributed by atoms with van der Waals surface area (Å²) in [6.45, 7) is 2.67. The van der Waals surface area contributed by atoms with Gasteiger partial charge in [-0.15, -0.1) is 0 Å². The van der Waals surface area contributed by atoms with E-state index in [0.717, 1.165) is 17.6 Å². The number of aryl methyl sites for hydroxylation is 1. The lowest BCUT2D eigenvalue weighted by atomic mass is 9.90. The van der Waals surface area contributed by atoms with E-state index < -0.39 is 0 Å². The van der Waals surface area contributed by atoms with E-state index in [1.54, 1.807) is 13.2 Å². The highest BCUT2D eigenvalue weighted by Gasteiger charge is 2.32. The molecule has 7 heteroatoms. The smallest absolute Gasteiger partial charge is 0.231 e. The lowest BCUT2D eigenvalue weighted by molar-refractivity contribution is 0.105. The molecule has 2 aliphatic rings. The Kier molecular flexibility index (Phi) is 4.20. The quantitative estimate of drug-likeness (QED) is 0.662. The van der Waals surface area contributed by atoms with Crippen molar-refractivity contribution in [1.82, 2.24) is 9.88 Å². The normalized spacial score (nSPS) is 15.1. The van der Waals surface area contributed by atoms with E-state index in [1.807, 2.05) is 31.1 Å². The molecule has 3 aromatic rings. The Hall–Kier alpha value is -3.48. The van der Waals surface area contributed by atoms with Crippen LogP contribution in [0.25, 0.3) is 16.5 Å². The van der Waals surface area contributed by atoms with E-state index in [1.165, 1.54) is 12.1 Å². The van der Waals surface area contributed by atoms with Crippen LogP contribution in [0.3, 0.4) is 0 Å². The monoisotopic (exact) mass is 408 g/mol. The molecule has 0 amide bonds. The number of hydrogen-bond donors (Lipinski definition) is 1. The summed E-state index contributed by atoms with van der Waals surface area (Å²) < 4.78 is 30.9. The summed E-state index contributed by atoms with van der Waals surface area (Å²) in [4.78, 5) is 19.0. The minimum atomic E-state index is -0.385. The molecule has 0 fully saturated rings. The maximum atomic E-state index is 14.0. The molecular formula is C23H21FN2O4. The van der Waals surface area contributed by atoms with Crippen LogP contribution in [0.1, 0.15) is 27.2 Å². The van der Waals surface area contributed by atoms with Crippen LogP contribution in [-0.4, -0.2) is 43.2 Å². The largest absolute Gasteiger partial charge is 0.492 e. The molecule has 0 radical (unpaired) electrons. The van der Waals surface area contributed by atoms with Gasteiger partial charge in [-0.2, -0.15) is 0 Å². The Morgan fingerprint density at radius 2 is 2.10 bits per heavy atom. The summed E-state index contributed by atoms with van der Waals surface area (Å²) in [6.07, 6.45) is 2.55. The number of hydrogen-bond acceptors (Lipinski definition) is 5. The van der Waals surface area contributed by atoms with Crippen LogP contribution in [-0.2, 0) is 6.42 Å². The molecule has 0 spiro atoms. The Bertz CT molecular complexity index is 1230. The van der Waals surface area contributed by atoms with Crippen LogP contribution in [0.4, 0.5) is 4.39 Å². The molecule has 0 bridgehead atoms. The van der Waals surface area contributed by atoms with Crippen molar-refractivity contribution in [3.05, 3.63) is 58.7 Å². The van der Waals surface area contributed by atoms with Gasteiger partial charge in [-0.05, 0) is 43.2 Å². The number of allylic oxidation sites excluding steroid dienone is 1. The predicted molar refractivity (Wildman–Crippen MR) is 111 cm³/mol. The first kappa shape index (κ1) is 18.5. The zero-order chi connectivity index (χ0) is 21.0. The minimum absolute atomic E-state index is 0.113. The zero-order valence-electron chi connectivity index (χ0n) is 17.0. The van der Waals surface area contributed by atoms with Crippen molar-refractivity contribution < 1.29 is 23.4 Å². The minimum Gasteiger partial charge on any atom is -0.492 e. The fraction of sp³-hybridized carbons (Fsp3) is 0.261. The molecule has 2 aromatic carbocycles. The molecule has 5 rings (SSSR count). The van der Waals surface area contributed by atoms with Gasteiger partial charge in [0.05, 0.1) is 12.7 Å². The van der Waals surface area contributed by atoms with E-state index in [0.29, 0.717) is 51.4 Å². The van der Waals surface area contributed by atoms with Crippen molar-refractivity contribution in [2.45, 2.75) is 13.3 Å². The van der Waals surface area contributed by atoms with Crippen LogP contribution >= 0.6 is 0 Å². The summed E-state index contributed by atoms with van der Waals surface area (Å²) in [5.41, 5.74) is 3.99. The fourth-order valence-electron chi connectivity index (χ4n) is 4.29. The lowest BCUT2D eigenvalue weighted by Gasteiger charge is -2.16. The molecule has 2 aliphatic heterocycles. The van der Waals surface area contributed by atoms with Crippen molar-refractivity contribution in [3.63, 3.8) is 0 Å². The number of ketones is 1. The number of ether oxygens (including phenoxy) is 3. The molecule has 30 heavy (non-hydrogen) atoms. The summed E-state index contributed by atoms with van der Waals surface area (Å²) in [6, 6.07) is 6.34. The maximum Gasteiger partial charge on any atom is 0.231 e. The summed E-state index contributed by atoms with van der Waals surface area (Å²) in [7, 11) is 3.48. The van der Waals surface area contributed by atoms with Crippen LogP contribution in [0.2, 0.25) is 0 Å². The Balaban J connectivity index is 1.75. The number of carbonyl (C=O) groups excluding carboxylic acids is 1. The van der Waals surface area contributed by atoms with Gasteiger partial charge >= 0.3 is 0 Å². The number of Topliss-reactive ketones (excluding diaryl/α,β-unsaturated/α-hetero) is 1. The number of fused-ring (bicyclic) bond motifs is 3. The number of H-pyrrole nitrogens is 1. The second-order valence-electron chi connectivity index (χ2n) is 7.60. The molecular weight excluding hydrogens is 387 g/mol. The van der Waals surface area contributed by atoms with Crippen molar-refractivity contribution in [2.75, 3.05) is 27.5 Å². The van der Waals surface area contributed by atoms with Crippen LogP contribution < -0.4 is 14.2 Å². The molecule has 0 saturated carbocycles. The standard InChI is InChI=1S/C23H21FN2O4/c1-12-19(15-9-14(24)4-5-17(15)25-12)21(27)16-10-26(2)7-6-13-8-18-22(30-11-29-18)23(28-3)20(13)16/h4-5,8-10,25H,6-7,11H2,1-3H3. The van der Waals surface area contributed by atoms with Gasteiger partial charge < -0.3 is 24.1 Å². The Labute approximate surface area is 172 Å². The summed E-state index contributed by atoms with van der Waals surface area (Å²) >= 11 is 0. The Morgan fingerprint density at radius 1 is 1.27 bits per heavy atom. The molecule has 0 atom stereocenters. The molecule has 1 aromatic heterocycles. The van der Waals surface area contributed by atoms with Crippen LogP contribution in [0.5, 0.6) is 17.2 Å². The molecule has 0 unspecified atom stereocenters. The van der Waals surface area contributed by atoms with Crippen molar-refractivity contribution in [3.8, 4) is 17.2 Å². The van der Waals surface area contributed by atoms with Gasteiger partial charge in [0.1, 0.15) is 5.82 Å². The molecule has 154 valence electrons. The first-order valence-electron chi connectivity index (χ1n) is 9.72. The molecule has 6 nitrogen and oxygen atoms in total. The number of nitrogens with one attached hydrogen (secondary N) is 1. The van der Waals surface area contributed by atoms with Crippen LogP contribution in [0, 0.1) is 12.7 Å². The fourth-order valence-corrected chi connectivity index (χ4v) is 4.29. The highest BCUT2D eigenvalue weighted by Crippen LogP contribution is 2.48. The number of methoxy groups -OCH3 is 1. The summed E-state index contributed by atoms with van der Waals surface area (Å²) in [5, 5.41) is 0.562. The van der Waals surface area contributed by atoms with Gasteiger partial charge in [0.25, 0.3) is 0 Å². The highest BCUT2D eigenvalue weighted by molar-refractivity contribution is 6.33. The number of nitrogens with zero attached hydrogens (tertiary/aromatic N) is 1. The van der Waals surface area contributed by atoms with Gasteiger partial charge in [-0.25, -0.2) is 4.39 Å². The number of likely N-dealkylation sites (N-methyl/N-ethyl adjacent to an activating group) is 1. The summed E-state index contributed by atoms with van der Waals surface area (Å²) in [5.74, 6) is 1.02. The molecule has 1 N–H and O–H groups in total. The van der Waals surface area contributed by atoms with E-state index >= 15 is 0 Å². The number of aromatic nitrogens is 1. The topological polar surface area (TPSA) is 63.8 Å². The van der Waals surface area contributed by atoms with Gasteiger partial charge in [0.2, 0.25) is 12.5 Å². The van der Waals surface area contributed by atoms with Gasteiger partial charge in [0.15, 0.2) is 17.3 Å². The third-order valence-electron chi connectivity index (χ3n) is 5.68. The number of benzene rings is 2. The SMILES string of the molecule is COc1c2c(cc3c1C(C(=O)c1c(C)[nH]c4ccc(F)cc14)=CN(C)CC3)OCO2. The van der Waals surface area contributed by atoms with Crippen LogP contribution in [0.15, 0.2) is 30.5 Å². The van der Waals surface area contributed by atoms with E-state index in [-0.39, 0.29) is 18.4 Å². The number of aromatic amines is 1. The highest BCUT2D eigenvalue weighted by atomic mass is 19.1. The van der Waals surface area contributed by atoms with E-state index in [4.69, 9.17) is 14.2 Å². The average molecular weight is 408 g/mol. The third-order valence-corrected chi connectivity index (χ3v) is 5.68. The molecule has 3 heterocycles. The average Bonchev–Trinajstić information content (AvgIpc) is 3.27. The molecule has 0 saturated heterocycles. The number of carbonyl (C=O) groups is 1. The van der Waals surface area contributed by atoms with Gasteiger partial charge in [0, 0.05) is 47.5 Å². The van der Waals surface area contributed by atoms with Crippen molar-refractivity contribution >= 4 is 22.3 Å². The first-order chi connectivity index (χ1) is 14.5. The Morgan fingerprint density at radius 3 is 2.90 bits per heavy atom. The second kappa shape index (κ2) is 6.79. The van der Waals surface area contributed by atoms with E-state index in [9.17, 15) is 9.18 Å². The third kappa shape index (κ3) is 2.73. The number of rotatable bonds is 3. The van der Waals surface area contributed by atoms with E-state index in [2.05, 4.69) is 4.98 Å². The van der Waals surface area contributed by atoms with Crippen molar-refractivity contribution in [2.24, 2.45) is 0 Å². The van der Waals surface area contributed by atoms with Gasteiger partial charge in [-0.3, -0.25) is 4.79 Å². The maximum absolute atomic E-state index is 14.0. The first-order valence-corrected chi connectivity index (χ1v) is 9.72. The number of halogens is 1. The lowest BCUT2D eigenvalue weighted by Crippen LogP contribution is -2.14. The second-order valence-corrected chi connectivity index (χ2v) is 7.60.